The van der Waals surface area contributed by atoms with E-state index in [2.05, 4.69) is 5.10 Å². The number of carbonyl (C=O) groups is 3. The van der Waals surface area contributed by atoms with Crippen LogP contribution in [0.1, 0.15) is 47.0 Å². The Kier molecular flexibility index (Phi) is 7.23. The first-order chi connectivity index (χ1) is 18.0. The van der Waals surface area contributed by atoms with Crippen LogP contribution >= 0.6 is 11.6 Å². The molecule has 1 amide bonds. The molecule has 1 aromatic heterocycles. The fourth-order valence-electron chi connectivity index (χ4n) is 4.12. The van der Waals surface area contributed by atoms with E-state index < -0.39 is 24.5 Å². The van der Waals surface area contributed by atoms with E-state index >= 15 is 0 Å². The van der Waals surface area contributed by atoms with Crippen LogP contribution in [0, 0.1) is 0 Å². The van der Waals surface area contributed by atoms with Gasteiger partial charge in [0.15, 0.2) is 23.9 Å². The highest BCUT2D eigenvalue weighted by atomic mass is 35.5. The molecule has 1 unspecified atom stereocenters. The van der Waals surface area contributed by atoms with Crippen molar-refractivity contribution in [2.45, 2.75) is 25.3 Å². The molecule has 0 saturated heterocycles. The van der Waals surface area contributed by atoms with Gasteiger partial charge in [-0.3, -0.25) is 14.4 Å². The molecule has 0 bridgehead atoms. The second kappa shape index (κ2) is 10.9. The Labute approximate surface area is 217 Å². The molecular formula is C27H23ClN2O7. The van der Waals surface area contributed by atoms with Crippen molar-refractivity contribution < 1.29 is 33.0 Å². The van der Waals surface area contributed by atoms with Crippen molar-refractivity contribution in [2.75, 3.05) is 19.8 Å². The predicted molar refractivity (Wildman–Crippen MR) is 133 cm³/mol. The molecule has 3 heterocycles. The molecule has 190 valence electrons. The monoisotopic (exact) mass is 522 g/mol. The summed E-state index contributed by atoms with van der Waals surface area (Å²) in [5.74, 6) is 0.247. The number of hydrogen-bond donors (Lipinski definition) is 0. The highest BCUT2D eigenvalue weighted by molar-refractivity contribution is 6.30. The van der Waals surface area contributed by atoms with Crippen molar-refractivity contribution in [3.8, 4) is 11.5 Å². The van der Waals surface area contributed by atoms with Gasteiger partial charge in [-0.2, -0.15) is 5.10 Å². The van der Waals surface area contributed by atoms with Crippen molar-refractivity contribution in [2.24, 2.45) is 5.10 Å². The summed E-state index contributed by atoms with van der Waals surface area (Å²) in [5, 5.41) is 6.35. The molecule has 9 nitrogen and oxygen atoms in total. The van der Waals surface area contributed by atoms with Crippen LogP contribution in [0.3, 0.4) is 0 Å². The minimum Gasteiger partial charge on any atom is -0.486 e. The van der Waals surface area contributed by atoms with Crippen LogP contribution in [-0.2, 0) is 14.3 Å². The first-order valence-corrected chi connectivity index (χ1v) is 12.1. The molecule has 3 aromatic rings. The van der Waals surface area contributed by atoms with Gasteiger partial charge in [-0.25, -0.2) is 5.01 Å². The number of benzene rings is 2. The molecule has 0 fully saturated rings. The van der Waals surface area contributed by atoms with Crippen LogP contribution in [0.2, 0.25) is 5.02 Å². The third-order valence-electron chi connectivity index (χ3n) is 5.99. The summed E-state index contributed by atoms with van der Waals surface area (Å²) < 4.78 is 21.6. The predicted octanol–water partition coefficient (Wildman–Crippen LogP) is 4.59. The number of ketones is 1. The van der Waals surface area contributed by atoms with Crippen LogP contribution in [0.25, 0.3) is 0 Å². The molecule has 2 aliphatic heterocycles. The molecule has 5 rings (SSSR count). The third-order valence-corrected chi connectivity index (χ3v) is 6.24. The molecule has 2 aromatic carbocycles. The van der Waals surface area contributed by atoms with Crippen LogP contribution in [0.15, 0.2) is 70.4 Å². The highest BCUT2D eigenvalue weighted by Gasteiger charge is 2.35. The average Bonchev–Trinajstić information content (AvgIpc) is 3.61. The summed E-state index contributed by atoms with van der Waals surface area (Å²) in [4.78, 5) is 37.8. The van der Waals surface area contributed by atoms with Gasteiger partial charge in [0.1, 0.15) is 25.0 Å². The SMILES string of the molecule is O=C(CCC(=O)c1ccc2c(c1)OCCO2)OCC(=O)N1N=C(c2ccc(Cl)cc2)CC1c1ccco1. The standard InChI is InChI=1S/C27H23ClN2O7/c28-19-6-3-17(4-7-19)20-15-21(23-2-1-11-34-23)30(29-20)26(32)16-37-27(33)10-8-22(31)18-5-9-24-25(14-18)36-13-12-35-24/h1-7,9,11,14,21H,8,10,12-13,15-16H2. The average molecular weight is 523 g/mol. The smallest absolute Gasteiger partial charge is 0.306 e. The second-order valence-electron chi connectivity index (χ2n) is 8.47. The molecule has 10 heteroatoms. The van der Waals surface area contributed by atoms with Crippen molar-refractivity contribution in [1.29, 1.82) is 0 Å². The van der Waals surface area contributed by atoms with E-state index in [4.69, 9.17) is 30.2 Å². The van der Waals surface area contributed by atoms with E-state index in [1.165, 1.54) is 11.3 Å². The number of hydrazone groups is 1. The van der Waals surface area contributed by atoms with E-state index in [1.807, 2.05) is 12.1 Å². The zero-order valence-corrected chi connectivity index (χ0v) is 20.5. The van der Waals surface area contributed by atoms with E-state index in [9.17, 15) is 14.4 Å². The number of Topliss-reactive ketones (excluding diaryl/α,β-unsaturated/α-hetero) is 1. The number of carbonyl (C=O) groups excluding carboxylic acids is 3. The lowest BCUT2D eigenvalue weighted by Crippen LogP contribution is -2.31. The first-order valence-electron chi connectivity index (χ1n) is 11.8. The zero-order valence-electron chi connectivity index (χ0n) is 19.7. The lowest BCUT2D eigenvalue weighted by Gasteiger charge is -2.19. The Balaban J connectivity index is 1.18. The third kappa shape index (κ3) is 5.67. The highest BCUT2D eigenvalue weighted by Crippen LogP contribution is 2.34. The van der Waals surface area contributed by atoms with Crippen LogP contribution in [0.4, 0.5) is 0 Å². The van der Waals surface area contributed by atoms with Gasteiger partial charge in [0, 0.05) is 23.4 Å². The maximum absolute atomic E-state index is 13.0. The molecule has 0 saturated carbocycles. The minimum atomic E-state index is -0.658. The molecule has 0 aliphatic carbocycles. The quantitative estimate of drug-likeness (QED) is 0.314. The van der Waals surface area contributed by atoms with Gasteiger partial charge in [0.05, 0.1) is 18.4 Å². The van der Waals surface area contributed by atoms with Crippen LogP contribution < -0.4 is 9.47 Å². The van der Waals surface area contributed by atoms with Crippen molar-refractivity contribution >= 4 is 35.0 Å². The van der Waals surface area contributed by atoms with Crippen molar-refractivity contribution in [3.05, 3.63) is 82.8 Å². The number of amides is 1. The van der Waals surface area contributed by atoms with Crippen molar-refractivity contribution in [3.63, 3.8) is 0 Å². The fraction of sp³-hybridized carbons (Fsp3) is 0.259. The Morgan fingerprint density at radius 1 is 1.00 bits per heavy atom. The Morgan fingerprint density at radius 2 is 1.78 bits per heavy atom. The number of ether oxygens (including phenoxy) is 3. The fourth-order valence-corrected chi connectivity index (χ4v) is 4.24. The summed E-state index contributed by atoms with van der Waals surface area (Å²) in [6, 6.07) is 15.1. The van der Waals surface area contributed by atoms with E-state index in [-0.39, 0.29) is 18.6 Å². The molecule has 0 spiro atoms. The maximum Gasteiger partial charge on any atom is 0.306 e. The summed E-state index contributed by atoms with van der Waals surface area (Å²) in [5.41, 5.74) is 1.92. The second-order valence-corrected chi connectivity index (χ2v) is 8.91. The van der Waals surface area contributed by atoms with E-state index in [1.54, 1.807) is 42.5 Å². The molecule has 2 aliphatic rings. The van der Waals surface area contributed by atoms with E-state index in [0.29, 0.717) is 53.2 Å². The van der Waals surface area contributed by atoms with Crippen molar-refractivity contribution in [1.82, 2.24) is 5.01 Å². The van der Waals surface area contributed by atoms with E-state index in [0.717, 1.165) is 5.56 Å². The number of nitrogens with zero attached hydrogens (tertiary/aromatic N) is 2. The number of hydrogen-bond acceptors (Lipinski definition) is 8. The number of rotatable bonds is 8. The summed E-state index contributed by atoms with van der Waals surface area (Å²) in [6.45, 7) is 0.359. The number of halogens is 1. The van der Waals surface area contributed by atoms with Gasteiger partial charge in [-0.1, -0.05) is 23.7 Å². The molecule has 0 radical (unpaired) electrons. The van der Waals surface area contributed by atoms with Gasteiger partial charge >= 0.3 is 5.97 Å². The molecule has 37 heavy (non-hydrogen) atoms. The summed E-state index contributed by atoms with van der Waals surface area (Å²) in [6.07, 6.45) is 1.72. The lowest BCUT2D eigenvalue weighted by atomic mass is 10.0. The number of furan rings is 1. The molecule has 1 atom stereocenters. The Morgan fingerprint density at radius 3 is 2.54 bits per heavy atom. The van der Waals surface area contributed by atoms with Gasteiger partial charge < -0.3 is 18.6 Å². The Bertz CT molecular complexity index is 1340. The number of fused-ring (bicyclic) bond motifs is 1. The van der Waals surface area contributed by atoms with Crippen LogP contribution in [-0.4, -0.2) is 48.2 Å². The number of esters is 1. The van der Waals surface area contributed by atoms with Gasteiger partial charge in [0.25, 0.3) is 5.91 Å². The maximum atomic E-state index is 13.0. The zero-order chi connectivity index (χ0) is 25.8. The first kappa shape index (κ1) is 24.6. The Hall–Kier alpha value is -4.11. The van der Waals surface area contributed by atoms with Gasteiger partial charge in [0.2, 0.25) is 0 Å². The largest absolute Gasteiger partial charge is 0.486 e. The van der Waals surface area contributed by atoms with Gasteiger partial charge in [-0.05, 0) is 48.0 Å². The minimum absolute atomic E-state index is 0.0652. The molecular weight excluding hydrogens is 500 g/mol. The molecule has 0 N–H and O–H groups in total. The summed E-state index contributed by atoms with van der Waals surface area (Å²) >= 11 is 5.99. The summed E-state index contributed by atoms with van der Waals surface area (Å²) in [7, 11) is 0. The topological polar surface area (TPSA) is 108 Å². The lowest BCUT2D eigenvalue weighted by molar-refractivity contribution is -0.152. The normalized spacial score (nSPS) is 16.3. The van der Waals surface area contributed by atoms with Crippen LogP contribution in [0.5, 0.6) is 11.5 Å². The van der Waals surface area contributed by atoms with Gasteiger partial charge in [-0.15, -0.1) is 0 Å².